The number of benzene rings is 1. The molecule has 3 aromatic heterocycles. The molecule has 0 spiro atoms. The van der Waals surface area contributed by atoms with Crippen LogP contribution in [-0.4, -0.2) is 10.9 Å². The third-order valence-electron chi connectivity index (χ3n) is 5.04. The number of amides is 1. The number of nitrogens with zero attached hydrogens (tertiary/aromatic N) is 1. The number of hydrogen-bond donors (Lipinski definition) is 1. The van der Waals surface area contributed by atoms with Crippen LogP contribution in [-0.2, 0) is 17.8 Å². The number of furan rings is 1. The lowest BCUT2D eigenvalue weighted by atomic mass is 9.99. The van der Waals surface area contributed by atoms with Crippen molar-refractivity contribution in [1.29, 1.82) is 0 Å². The molecular formula is C22H20N2O4. The molecule has 0 radical (unpaired) electrons. The molecule has 0 bridgehead atoms. The second kappa shape index (κ2) is 6.96. The zero-order valence-corrected chi connectivity index (χ0v) is 16.0. The summed E-state index contributed by atoms with van der Waals surface area (Å²) < 4.78 is 11.3. The lowest BCUT2D eigenvalue weighted by Crippen LogP contribution is -2.27. The van der Waals surface area contributed by atoms with E-state index in [1.54, 1.807) is 18.7 Å². The molecule has 1 N–H and O–H groups in total. The largest absolute Gasteiger partial charge is 0.463 e. The summed E-state index contributed by atoms with van der Waals surface area (Å²) in [6, 6.07) is 5.50. The topological polar surface area (TPSA) is 85.3 Å². The third-order valence-corrected chi connectivity index (χ3v) is 5.04. The molecule has 0 atom stereocenters. The minimum Gasteiger partial charge on any atom is -0.463 e. The minimum absolute atomic E-state index is 0.0513. The van der Waals surface area contributed by atoms with E-state index in [0.717, 1.165) is 27.5 Å². The second-order valence-corrected chi connectivity index (χ2v) is 6.99. The Morgan fingerprint density at radius 3 is 2.61 bits per heavy atom. The zero-order valence-electron chi connectivity index (χ0n) is 16.0. The summed E-state index contributed by atoms with van der Waals surface area (Å²) in [6.07, 6.45) is 4.98. The first-order valence-corrected chi connectivity index (χ1v) is 9.05. The summed E-state index contributed by atoms with van der Waals surface area (Å²) >= 11 is 0. The van der Waals surface area contributed by atoms with Gasteiger partial charge >= 0.3 is 5.63 Å². The Bertz CT molecular complexity index is 1250. The first-order valence-electron chi connectivity index (χ1n) is 9.05. The van der Waals surface area contributed by atoms with Crippen LogP contribution >= 0.6 is 0 Å². The zero-order chi connectivity index (χ0) is 19.8. The lowest BCUT2D eigenvalue weighted by molar-refractivity contribution is -0.120. The Morgan fingerprint density at radius 1 is 1.11 bits per heavy atom. The SMILES string of the molecule is Cc1coc2c1c(C)cc1oc(=O)c(CC(=O)NCc3ccncc3)c(C)c12. The maximum atomic E-state index is 12.5. The quantitative estimate of drug-likeness (QED) is 0.549. The summed E-state index contributed by atoms with van der Waals surface area (Å²) in [4.78, 5) is 28.9. The van der Waals surface area contributed by atoms with Crippen LogP contribution in [0.5, 0.6) is 0 Å². The molecule has 1 amide bonds. The highest BCUT2D eigenvalue weighted by atomic mass is 16.4. The first kappa shape index (κ1) is 18.0. The molecule has 0 unspecified atom stereocenters. The van der Waals surface area contributed by atoms with E-state index in [1.165, 1.54) is 0 Å². The molecule has 4 aromatic rings. The summed E-state index contributed by atoms with van der Waals surface area (Å²) in [5.41, 5.74) is 4.68. The van der Waals surface area contributed by atoms with E-state index < -0.39 is 5.63 Å². The van der Waals surface area contributed by atoms with E-state index in [2.05, 4.69) is 10.3 Å². The van der Waals surface area contributed by atoms with Gasteiger partial charge in [-0.25, -0.2) is 4.79 Å². The Kier molecular flexibility index (Phi) is 4.47. The van der Waals surface area contributed by atoms with Gasteiger partial charge in [0.1, 0.15) is 11.2 Å². The van der Waals surface area contributed by atoms with E-state index in [4.69, 9.17) is 8.83 Å². The monoisotopic (exact) mass is 376 g/mol. The summed E-state index contributed by atoms with van der Waals surface area (Å²) in [7, 11) is 0. The summed E-state index contributed by atoms with van der Waals surface area (Å²) in [5, 5.41) is 4.58. The molecule has 3 heterocycles. The third kappa shape index (κ3) is 3.07. The summed E-state index contributed by atoms with van der Waals surface area (Å²) in [6.45, 7) is 6.14. The predicted octanol–water partition coefficient (Wildman–Crippen LogP) is 3.72. The number of hydrogen-bond acceptors (Lipinski definition) is 5. The molecule has 0 aliphatic carbocycles. The Labute approximate surface area is 161 Å². The number of nitrogens with one attached hydrogen (secondary N) is 1. The second-order valence-electron chi connectivity index (χ2n) is 6.99. The number of carbonyl (C=O) groups is 1. The highest BCUT2D eigenvalue weighted by molar-refractivity contribution is 6.07. The summed E-state index contributed by atoms with van der Waals surface area (Å²) in [5.74, 6) is -0.245. The van der Waals surface area contributed by atoms with Crippen molar-refractivity contribution in [1.82, 2.24) is 10.3 Å². The maximum absolute atomic E-state index is 12.5. The fraction of sp³-hybridized carbons (Fsp3) is 0.227. The van der Waals surface area contributed by atoms with Crippen molar-refractivity contribution in [3.8, 4) is 0 Å². The van der Waals surface area contributed by atoms with E-state index in [-0.39, 0.29) is 12.3 Å². The van der Waals surface area contributed by atoms with Gasteiger partial charge in [0.25, 0.3) is 0 Å². The van der Waals surface area contributed by atoms with E-state index >= 15 is 0 Å². The molecule has 0 aliphatic heterocycles. The number of rotatable bonds is 4. The van der Waals surface area contributed by atoms with Crippen molar-refractivity contribution < 1.29 is 13.6 Å². The van der Waals surface area contributed by atoms with Crippen molar-refractivity contribution in [3.05, 3.63) is 75.1 Å². The number of aryl methyl sites for hydroxylation is 3. The van der Waals surface area contributed by atoms with Gasteiger partial charge in [-0.15, -0.1) is 0 Å². The fourth-order valence-electron chi connectivity index (χ4n) is 3.60. The molecular weight excluding hydrogens is 356 g/mol. The van der Waals surface area contributed by atoms with Crippen LogP contribution in [0.25, 0.3) is 21.9 Å². The molecule has 142 valence electrons. The van der Waals surface area contributed by atoms with Gasteiger partial charge in [0.2, 0.25) is 5.91 Å². The Hall–Kier alpha value is -3.41. The van der Waals surface area contributed by atoms with E-state index in [1.807, 2.05) is 39.0 Å². The van der Waals surface area contributed by atoms with Gasteiger partial charge in [0, 0.05) is 24.3 Å². The number of aromatic nitrogens is 1. The fourth-order valence-corrected chi connectivity index (χ4v) is 3.60. The van der Waals surface area contributed by atoms with Crippen LogP contribution in [0.4, 0.5) is 0 Å². The van der Waals surface area contributed by atoms with Gasteiger partial charge in [-0.05, 0) is 61.2 Å². The van der Waals surface area contributed by atoms with Crippen LogP contribution < -0.4 is 10.9 Å². The van der Waals surface area contributed by atoms with Crippen molar-refractivity contribution in [2.75, 3.05) is 0 Å². The van der Waals surface area contributed by atoms with Gasteiger partial charge in [-0.3, -0.25) is 9.78 Å². The molecule has 4 rings (SSSR count). The average Bonchev–Trinajstić information content (AvgIpc) is 3.06. The number of fused-ring (bicyclic) bond motifs is 3. The average molecular weight is 376 g/mol. The van der Waals surface area contributed by atoms with Gasteiger partial charge in [0.15, 0.2) is 0 Å². The van der Waals surface area contributed by atoms with Crippen molar-refractivity contribution in [2.24, 2.45) is 0 Å². The lowest BCUT2D eigenvalue weighted by Gasteiger charge is -2.10. The number of carbonyl (C=O) groups excluding carboxylic acids is 1. The smallest absolute Gasteiger partial charge is 0.340 e. The molecule has 28 heavy (non-hydrogen) atoms. The van der Waals surface area contributed by atoms with Gasteiger partial charge in [-0.2, -0.15) is 0 Å². The first-order chi connectivity index (χ1) is 13.5. The van der Waals surface area contributed by atoms with E-state index in [9.17, 15) is 9.59 Å². The predicted molar refractivity (Wildman–Crippen MR) is 106 cm³/mol. The minimum atomic E-state index is -0.494. The van der Waals surface area contributed by atoms with Crippen molar-refractivity contribution in [2.45, 2.75) is 33.7 Å². The van der Waals surface area contributed by atoms with E-state index in [0.29, 0.717) is 28.8 Å². The van der Waals surface area contributed by atoms with Gasteiger partial charge in [-0.1, -0.05) is 0 Å². The molecule has 0 aliphatic rings. The van der Waals surface area contributed by atoms with Crippen molar-refractivity contribution >= 4 is 27.8 Å². The van der Waals surface area contributed by atoms with Crippen LogP contribution in [0, 0.1) is 20.8 Å². The maximum Gasteiger partial charge on any atom is 0.340 e. The molecule has 6 heteroatoms. The molecule has 6 nitrogen and oxygen atoms in total. The molecule has 0 fully saturated rings. The van der Waals surface area contributed by atoms with Crippen molar-refractivity contribution in [3.63, 3.8) is 0 Å². The standard InChI is InChI=1S/C22H20N2O4/c1-12-8-17-20(21-19(12)13(2)11-27-21)14(3)16(22(26)28-17)9-18(25)24-10-15-4-6-23-7-5-15/h4-8,11H,9-10H2,1-3H3,(H,24,25). The molecule has 1 aromatic carbocycles. The molecule has 0 saturated carbocycles. The highest BCUT2D eigenvalue weighted by Crippen LogP contribution is 2.34. The van der Waals surface area contributed by atoms with Gasteiger partial charge < -0.3 is 14.2 Å². The van der Waals surface area contributed by atoms with Crippen LogP contribution in [0.1, 0.15) is 27.8 Å². The van der Waals surface area contributed by atoms with Crippen LogP contribution in [0.3, 0.4) is 0 Å². The Balaban J connectivity index is 1.71. The van der Waals surface area contributed by atoms with Crippen LogP contribution in [0.2, 0.25) is 0 Å². The number of pyridine rings is 1. The highest BCUT2D eigenvalue weighted by Gasteiger charge is 2.19. The Morgan fingerprint density at radius 2 is 1.86 bits per heavy atom. The normalized spacial score (nSPS) is 11.2. The van der Waals surface area contributed by atoms with Crippen LogP contribution in [0.15, 0.2) is 50.5 Å². The van der Waals surface area contributed by atoms with Gasteiger partial charge in [0.05, 0.1) is 23.6 Å². The molecule has 0 saturated heterocycles.